The second-order valence-corrected chi connectivity index (χ2v) is 12.9. The predicted octanol–water partition coefficient (Wildman–Crippen LogP) is 6.50. The fourth-order valence-corrected chi connectivity index (χ4v) is 5.58. The number of phenolic OH excluding ortho intramolecular Hbond substituents is 12. The lowest BCUT2D eigenvalue weighted by atomic mass is 10.2. The van der Waals surface area contributed by atoms with Crippen LogP contribution in [0, 0.1) is 0 Å². The summed E-state index contributed by atoms with van der Waals surface area (Å²) in [6.45, 7) is 0. The van der Waals surface area contributed by atoms with Gasteiger partial charge in [0.15, 0.2) is 69.0 Å². The van der Waals surface area contributed by atoms with Crippen molar-refractivity contribution in [2.75, 3.05) is 0 Å². The van der Waals surface area contributed by atoms with Crippen LogP contribution in [0.25, 0.3) is 65.4 Å². The normalized spacial score (nSPS) is 10.8. The van der Waals surface area contributed by atoms with Crippen LogP contribution in [0.5, 0.6) is 69.0 Å². The standard InChI is InChI=1S/C42H30N6O12/c49-31-7-25-26(8-32(31)50)45-15-21-3-4-23(41(59)39(21)57)17-47-29-11-35(53)36(54)12-30(29)48-18-24-6-5-22(40(58)42(24)60)16-46-28-10-34(52)33(51)9-27(28)44-14-20-2-1-19(13-43-25)37(55)38(20)56/h1-18,49-60H. The van der Waals surface area contributed by atoms with E-state index >= 15 is 0 Å². The quantitative estimate of drug-likeness (QED) is 0.0727. The average molecular weight is 811 g/mol. The molecule has 18 heteroatoms. The van der Waals surface area contributed by atoms with Gasteiger partial charge in [-0.1, -0.05) is 0 Å². The van der Waals surface area contributed by atoms with Gasteiger partial charge in [0.25, 0.3) is 0 Å². The first-order valence-electron chi connectivity index (χ1n) is 17.3. The second-order valence-electron chi connectivity index (χ2n) is 12.9. The number of phenols is 12. The summed E-state index contributed by atoms with van der Waals surface area (Å²) in [6, 6.07) is 14.7. The number of aromatic hydroxyl groups is 12. The number of hydrogen-bond donors (Lipinski definition) is 12. The van der Waals surface area contributed by atoms with Crippen molar-refractivity contribution in [2.45, 2.75) is 0 Å². The van der Waals surface area contributed by atoms with Crippen LogP contribution in [0.1, 0.15) is 0 Å². The van der Waals surface area contributed by atoms with Crippen LogP contribution in [-0.2, 0) is 0 Å². The van der Waals surface area contributed by atoms with Gasteiger partial charge in [-0.05, 0) is 36.4 Å². The highest BCUT2D eigenvalue weighted by Gasteiger charge is 2.10. The summed E-state index contributed by atoms with van der Waals surface area (Å²) in [6.07, 6.45) is 6.79. The van der Waals surface area contributed by atoms with Crippen molar-refractivity contribution in [1.82, 2.24) is 29.9 Å². The van der Waals surface area contributed by atoms with E-state index in [0.717, 1.165) is 73.6 Å². The molecule has 0 atom stereocenters. The van der Waals surface area contributed by atoms with Gasteiger partial charge in [-0.2, -0.15) is 0 Å². The fraction of sp³-hybridized carbons (Fsp3) is 0. The SMILES string of the molecule is Oc1cc2ncc3ccc(cnc4cc(O)c(O)cc4ncc4ccc(cnc5cc(O)c(O)cc5ncc5ccc(cnc2cc1O)c(O)c5O)c(O)c4O)c(O)c3O. The van der Waals surface area contributed by atoms with E-state index in [9.17, 15) is 61.3 Å². The number of hydrogen-bond acceptors (Lipinski definition) is 18. The molecule has 0 aliphatic heterocycles. The predicted molar refractivity (Wildman–Crippen MR) is 218 cm³/mol. The van der Waals surface area contributed by atoms with Crippen molar-refractivity contribution < 1.29 is 61.3 Å². The van der Waals surface area contributed by atoms with Gasteiger partial charge < -0.3 is 61.3 Å². The minimum Gasteiger partial charge on any atom is -0.504 e. The molecule has 4 heterocycles. The molecule has 0 aliphatic rings. The van der Waals surface area contributed by atoms with E-state index in [1.807, 2.05) is 0 Å². The molecule has 12 N–H and O–H groups in total. The van der Waals surface area contributed by atoms with Crippen LogP contribution in [0.2, 0.25) is 0 Å². The zero-order valence-corrected chi connectivity index (χ0v) is 30.4. The maximum atomic E-state index is 10.9. The Morgan fingerprint density at radius 1 is 0.217 bits per heavy atom. The average Bonchev–Trinajstić information content (AvgIpc) is 3.22. The summed E-state index contributed by atoms with van der Waals surface area (Å²) >= 11 is 0. The lowest BCUT2D eigenvalue weighted by molar-refractivity contribution is 0.404. The van der Waals surface area contributed by atoms with Crippen molar-refractivity contribution >= 4 is 65.4 Å². The van der Waals surface area contributed by atoms with Gasteiger partial charge in [-0.25, -0.2) is 0 Å². The molecule has 0 saturated heterocycles. The zero-order valence-electron chi connectivity index (χ0n) is 30.4. The lowest BCUT2D eigenvalue weighted by Crippen LogP contribution is -1.81. The molecule has 0 amide bonds. The highest BCUT2D eigenvalue weighted by atomic mass is 16.3. The fourth-order valence-electron chi connectivity index (χ4n) is 5.58. The molecule has 10 rings (SSSR count). The Kier molecular flexibility index (Phi) is 10.3. The van der Waals surface area contributed by atoms with Gasteiger partial charge in [0.1, 0.15) is 0 Å². The molecular formula is C42H30N6O12. The molecule has 0 aliphatic carbocycles. The van der Waals surface area contributed by atoms with Gasteiger partial charge in [-0.3, -0.25) is 29.9 Å². The number of benzene rings is 6. The van der Waals surface area contributed by atoms with Crippen LogP contribution in [-0.4, -0.2) is 91.2 Å². The topological polar surface area (TPSA) is 320 Å². The summed E-state index contributed by atoms with van der Waals surface area (Å²) < 4.78 is 0. The van der Waals surface area contributed by atoms with E-state index in [1.54, 1.807) is 0 Å². The second kappa shape index (κ2) is 15.8. The lowest BCUT2D eigenvalue weighted by Gasteiger charge is -2.02. The van der Waals surface area contributed by atoms with E-state index in [4.69, 9.17) is 0 Å². The first kappa shape index (κ1) is 39.2. The van der Waals surface area contributed by atoms with E-state index in [0.29, 0.717) is 0 Å². The van der Waals surface area contributed by atoms with E-state index in [-0.39, 0.29) is 65.4 Å². The van der Waals surface area contributed by atoms with Gasteiger partial charge in [0.05, 0.1) is 33.1 Å². The smallest absolute Gasteiger partial charge is 0.167 e. The first-order valence-corrected chi connectivity index (χ1v) is 17.3. The van der Waals surface area contributed by atoms with Crippen LogP contribution in [0.4, 0.5) is 0 Å². The monoisotopic (exact) mass is 810 g/mol. The van der Waals surface area contributed by atoms with Crippen molar-refractivity contribution in [1.29, 1.82) is 0 Å². The number of fused-ring (bicyclic) bond motifs is 3. The third-order valence-electron chi connectivity index (χ3n) is 8.91. The van der Waals surface area contributed by atoms with Gasteiger partial charge in [0, 0.05) is 106 Å². The van der Waals surface area contributed by atoms with Crippen LogP contribution in [0.3, 0.4) is 0 Å². The Bertz CT molecular complexity index is 2720. The molecule has 300 valence electrons. The molecule has 6 aromatic carbocycles. The molecule has 60 heavy (non-hydrogen) atoms. The van der Waals surface area contributed by atoms with E-state index < -0.39 is 69.0 Å². The minimum atomic E-state index is -0.631. The Balaban J connectivity index is 1.55. The van der Waals surface area contributed by atoms with Gasteiger partial charge in [0.2, 0.25) is 0 Å². The van der Waals surface area contributed by atoms with E-state index in [1.165, 1.54) is 36.4 Å². The van der Waals surface area contributed by atoms with Crippen molar-refractivity contribution in [3.05, 3.63) is 110 Å². The van der Waals surface area contributed by atoms with Crippen molar-refractivity contribution in [2.24, 2.45) is 0 Å². The van der Waals surface area contributed by atoms with Crippen LogP contribution >= 0.6 is 0 Å². The summed E-state index contributed by atoms with van der Waals surface area (Å²) in [4.78, 5) is 25.5. The summed E-state index contributed by atoms with van der Waals surface area (Å²) in [7, 11) is 0. The Morgan fingerprint density at radius 2 is 0.350 bits per heavy atom. The molecule has 0 fully saturated rings. The van der Waals surface area contributed by atoms with E-state index in [2.05, 4.69) is 29.9 Å². The molecule has 0 spiro atoms. The third kappa shape index (κ3) is 7.82. The molecule has 18 nitrogen and oxygen atoms in total. The summed E-state index contributed by atoms with van der Waals surface area (Å²) in [5.74, 6) is -7.16. The maximum Gasteiger partial charge on any atom is 0.167 e. The summed E-state index contributed by atoms with van der Waals surface area (Å²) in [5, 5.41) is 126. The Labute approximate surface area is 335 Å². The molecule has 4 aromatic heterocycles. The number of nitrogens with zero attached hydrogens (tertiary/aromatic N) is 6. The largest absolute Gasteiger partial charge is 0.504 e. The zero-order chi connectivity index (χ0) is 42.8. The Morgan fingerprint density at radius 3 is 0.483 bits per heavy atom. The number of rotatable bonds is 0. The third-order valence-corrected chi connectivity index (χ3v) is 8.91. The van der Waals surface area contributed by atoms with Gasteiger partial charge >= 0.3 is 0 Å². The highest BCUT2D eigenvalue weighted by molar-refractivity contribution is 5.85. The van der Waals surface area contributed by atoms with Crippen molar-refractivity contribution in [3.8, 4) is 69.0 Å². The molecule has 0 radical (unpaired) electrons. The van der Waals surface area contributed by atoms with Crippen molar-refractivity contribution in [3.63, 3.8) is 0 Å². The molecule has 0 saturated carbocycles. The molecule has 0 unspecified atom stereocenters. The molecular weight excluding hydrogens is 780 g/mol. The first-order chi connectivity index (χ1) is 28.7. The highest BCUT2D eigenvalue weighted by Crippen LogP contribution is 2.37. The minimum absolute atomic E-state index is 0.00539. The van der Waals surface area contributed by atoms with Gasteiger partial charge in [-0.15, -0.1) is 0 Å². The molecule has 10 aromatic rings. The van der Waals surface area contributed by atoms with Crippen LogP contribution < -0.4 is 0 Å². The summed E-state index contributed by atoms with van der Waals surface area (Å²) in [5.41, 5.74) is -0.204. The Hall–Kier alpha value is -9.06. The maximum absolute atomic E-state index is 10.9. The number of aromatic nitrogens is 6. The molecule has 6 bridgehead atoms. The van der Waals surface area contributed by atoms with Crippen LogP contribution in [0.15, 0.2) is 110 Å².